The van der Waals surface area contributed by atoms with Gasteiger partial charge < -0.3 is 9.84 Å². The number of ether oxygens (including phenoxy) is 1. The molecule has 2 heterocycles. The molecule has 118 valence electrons. The van der Waals surface area contributed by atoms with Crippen molar-refractivity contribution in [3.8, 4) is 0 Å². The van der Waals surface area contributed by atoms with E-state index in [9.17, 15) is 14.7 Å². The van der Waals surface area contributed by atoms with E-state index in [0.29, 0.717) is 19.4 Å². The second-order valence-electron chi connectivity index (χ2n) is 7.02. The second-order valence-corrected chi connectivity index (χ2v) is 7.02. The molecule has 5 nitrogen and oxygen atoms in total. The van der Waals surface area contributed by atoms with E-state index in [1.807, 2.05) is 0 Å². The van der Waals surface area contributed by atoms with Crippen LogP contribution < -0.4 is 0 Å². The molecule has 0 aromatic heterocycles. The first kappa shape index (κ1) is 15.0. The van der Waals surface area contributed by atoms with E-state index in [1.54, 1.807) is 6.92 Å². The number of aliphatic hydroxyl groups is 1. The molecule has 0 aromatic rings. The molecule has 0 radical (unpaired) electrons. The number of β-amino-alcohol motifs (C(OH)–C–C–N with tert-alkyl or cyclic N) is 1. The zero-order valence-electron chi connectivity index (χ0n) is 12.8. The number of amides is 2. The Bertz CT molecular complexity index is 442. The molecule has 0 bridgehead atoms. The molecule has 2 aliphatic heterocycles. The number of rotatable bonds is 2. The third-order valence-corrected chi connectivity index (χ3v) is 5.64. The van der Waals surface area contributed by atoms with E-state index >= 15 is 0 Å². The molecule has 2 amide bonds. The van der Waals surface area contributed by atoms with Crippen molar-refractivity contribution in [2.24, 2.45) is 5.41 Å². The summed E-state index contributed by atoms with van der Waals surface area (Å²) in [6.45, 7) is 2.38. The van der Waals surface area contributed by atoms with Gasteiger partial charge in [0.2, 0.25) is 11.8 Å². The maximum Gasteiger partial charge on any atom is 0.236 e. The Morgan fingerprint density at radius 2 is 1.86 bits per heavy atom. The number of imide groups is 1. The summed E-state index contributed by atoms with van der Waals surface area (Å²) in [6.07, 6.45) is 6.47. The first-order valence-corrected chi connectivity index (χ1v) is 8.16. The van der Waals surface area contributed by atoms with Gasteiger partial charge in [0, 0.05) is 19.4 Å². The lowest BCUT2D eigenvalue weighted by atomic mass is 9.79. The standard InChI is InChI=1S/C16H25NO4/c1-12-16(20,8-9-21-12)11-17-13(18)10-15(14(17)19)6-4-2-3-5-7-15/h12,20H,2-11H2,1H3. The summed E-state index contributed by atoms with van der Waals surface area (Å²) >= 11 is 0. The second kappa shape index (κ2) is 5.36. The molecule has 1 spiro atoms. The lowest BCUT2D eigenvalue weighted by Crippen LogP contribution is -2.50. The van der Waals surface area contributed by atoms with Crippen molar-refractivity contribution >= 4 is 11.8 Å². The molecule has 3 fully saturated rings. The zero-order valence-corrected chi connectivity index (χ0v) is 12.8. The maximum atomic E-state index is 12.8. The van der Waals surface area contributed by atoms with E-state index in [0.717, 1.165) is 38.5 Å². The highest BCUT2D eigenvalue weighted by Crippen LogP contribution is 2.45. The lowest BCUT2D eigenvalue weighted by Gasteiger charge is -2.31. The quantitative estimate of drug-likeness (QED) is 0.786. The first-order valence-electron chi connectivity index (χ1n) is 8.16. The van der Waals surface area contributed by atoms with Gasteiger partial charge in [0.15, 0.2) is 0 Å². The van der Waals surface area contributed by atoms with E-state index in [2.05, 4.69) is 0 Å². The van der Waals surface area contributed by atoms with Crippen LogP contribution in [0.4, 0.5) is 0 Å². The molecule has 1 aliphatic carbocycles. The van der Waals surface area contributed by atoms with Gasteiger partial charge >= 0.3 is 0 Å². The predicted molar refractivity (Wildman–Crippen MR) is 76.5 cm³/mol. The summed E-state index contributed by atoms with van der Waals surface area (Å²) in [5.74, 6) is -0.170. The van der Waals surface area contributed by atoms with Crippen molar-refractivity contribution in [3.05, 3.63) is 0 Å². The molecule has 2 saturated heterocycles. The normalized spacial score (nSPS) is 36.5. The van der Waals surface area contributed by atoms with E-state index < -0.39 is 11.0 Å². The van der Waals surface area contributed by atoms with Crippen LogP contribution in [0.15, 0.2) is 0 Å². The molecule has 2 atom stereocenters. The highest BCUT2D eigenvalue weighted by molar-refractivity contribution is 6.06. The van der Waals surface area contributed by atoms with Crippen LogP contribution in [0, 0.1) is 5.41 Å². The van der Waals surface area contributed by atoms with Gasteiger partial charge in [0.05, 0.1) is 18.1 Å². The monoisotopic (exact) mass is 295 g/mol. The van der Waals surface area contributed by atoms with Crippen molar-refractivity contribution in [3.63, 3.8) is 0 Å². The number of hydrogen-bond donors (Lipinski definition) is 1. The van der Waals surface area contributed by atoms with Gasteiger partial charge in [-0.25, -0.2) is 0 Å². The van der Waals surface area contributed by atoms with Crippen molar-refractivity contribution in [2.75, 3.05) is 13.2 Å². The van der Waals surface area contributed by atoms with Crippen LogP contribution in [0.1, 0.15) is 58.3 Å². The minimum atomic E-state index is -1.08. The summed E-state index contributed by atoms with van der Waals surface area (Å²) < 4.78 is 5.41. The van der Waals surface area contributed by atoms with Crippen molar-refractivity contribution in [1.29, 1.82) is 0 Å². The van der Waals surface area contributed by atoms with Crippen LogP contribution in [0.3, 0.4) is 0 Å². The van der Waals surface area contributed by atoms with Gasteiger partial charge in [-0.3, -0.25) is 14.5 Å². The number of hydrogen-bond acceptors (Lipinski definition) is 4. The van der Waals surface area contributed by atoms with Crippen LogP contribution in [0.25, 0.3) is 0 Å². The van der Waals surface area contributed by atoms with E-state index in [1.165, 1.54) is 4.90 Å². The Morgan fingerprint density at radius 3 is 2.43 bits per heavy atom. The molecule has 2 unspecified atom stereocenters. The maximum absolute atomic E-state index is 12.8. The Kier molecular flexibility index (Phi) is 3.82. The number of likely N-dealkylation sites (tertiary alicyclic amines) is 1. The zero-order chi connectivity index (χ0) is 15.1. The van der Waals surface area contributed by atoms with E-state index in [-0.39, 0.29) is 24.5 Å². The predicted octanol–water partition coefficient (Wildman–Crippen LogP) is 1.63. The van der Waals surface area contributed by atoms with Gasteiger partial charge in [-0.2, -0.15) is 0 Å². The molecule has 1 saturated carbocycles. The van der Waals surface area contributed by atoms with E-state index in [4.69, 9.17) is 4.74 Å². The van der Waals surface area contributed by atoms with Gasteiger partial charge in [0.25, 0.3) is 0 Å². The molecular weight excluding hydrogens is 270 g/mol. The Morgan fingerprint density at radius 1 is 1.19 bits per heavy atom. The fourth-order valence-electron chi connectivity index (χ4n) is 4.07. The fourth-order valence-corrected chi connectivity index (χ4v) is 4.07. The molecule has 21 heavy (non-hydrogen) atoms. The van der Waals surface area contributed by atoms with Gasteiger partial charge in [0.1, 0.15) is 5.60 Å². The topological polar surface area (TPSA) is 66.8 Å². The van der Waals surface area contributed by atoms with Crippen molar-refractivity contribution in [1.82, 2.24) is 4.90 Å². The van der Waals surface area contributed by atoms with Gasteiger partial charge in [-0.05, 0) is 19.8 Å². The number of nitrogens with zero attached hydrogens (tertiary/aromatic N) is 1. The highest BCUT2D eigenvalue weighted by Gasteiger charge is 2.54. The van der Waals surface area contributed by atoms with Crippen LogP contribution >= 0.6 is 0 Å². The first-order chi connectivity index (χ1) is 9.97. The third-order valence-electron chi connectivity index (χ3n) is 5.64. The van der Waals surface area contributed by atoms with Crippen LogP contribution in [0.2, 0.25) is 0 Å². The number of carbonyl (C=O) groups is 2. The van der Waals surface area contributed by atoms with Crippen LogP contribution in [-0.4, -0.2) is 46.7 Å². The van der Waals surface area contributed by atoms with Crippen LogP contribution in [0.5, 0.6) is 0 Å². The smallest absolute Gasteiger partial charge is 0.236 e. The lowest BCUT2D eigenvalue weighted by molar-refractivity contribution is -0.147. The largest absolute Gasteiger partial charge is 0.385 e. The summed E-state index contributed by atoms with van der Waals surface area (Å²) in [7, 11) is 0. The highest BCUT2D eigenvalue weighted by atomic mass is 16.5. The molecule has 3 aliphatic rings. The summed E-state index contributed by atoms with van der Waals surface area (Å²) in [5.41, 5.74) is -1.56. The van der Waals surface area contributed by atoms with Crippen LogP contribution in [-0.2, 0) is 14.3 Å². The summed E-state index contributed by atoms with van der Waals surface area (Å²) in [5, 5.41) is 10.6. The number of carbonyl (C=O) groups excluding carboxylic acids is 2. The SMILES string of the molecule is CC1OCCC1(O)CN1C(=O)CC2(CCCCCC2)C1=O. The molecular formula is C16H25NO4. The van der Waals surface area contributed by atoms with Crippen molar-refractivity contribution < 1.29 is 19.4 Å². The fraction of sp³-hybridized carbons (Fsp3) is 0.875. The summed E-state index contributed by atoms with van der Waals surface area (Å²) in [6, 6.07) is 0. The van der Waals surface area contributed by atoms with Crippen molar-refractivity contribution in [2.45, 2.75) is 70.0 Å². The third kappa shape index (κ3) is 2.50. The Hall–Kier alpha value is -0.940. The Labute approximate surface area is 125 Å². The molecule has 0 aromatic carbocycles. The molecule has 5 heteroatoms. The Balaban J connectivity index is 1.77. The van der Waals surface area contributed by atoms with Gasteiger partial charge in [-0.15, -0.1) is 0 Å². The van der Waals surface area contributed by atoms with Gasteiger partial charge in [-0.1, -0.05) is 25.7 Å². The minimum absolute atomic E-state index is 0.0538. The minimum Gasteiger partial charge on any atom is -0.385 e. The molecule has 1 N–H and O–H groups in total. The molecule has 3 rings (SSSR count). The average molecular weight is 295 g/mol. The summed E-state index contributed by atoms with van der Waals surface area (Å²) in [4.78, 5) is 26.5. The average Bonchev–Trinajstić information content (AvgIpc) is 2.77.